The van der Waals surface area contributed by atoms with Gasteiger partial charge in [0, 0.05) is 0 Å². The minimum Gasteiger partial charge on any atom is -0.390 e. The third-order valence-electron chi connectivity index (χ3n) is 5.33. The molecule has 2 unspecified atom stereocenters. The third kappa shape index (κ3) is 1.84. The third-order valence-corrected chi connectivity index (χ3v) is 5.33. The summed E-state index contributed by atoms with van der Waals surface area (Å²) < 4.78 is 0. The number of hydrogen-bond acceptors (Lipinski definition) is 1. The van der Waals surface area contributed by atoms with Crippen LogP contribution in [-0.2, 0) is 0 Å². The second-order valence-corrected chi connectivity index (χ2v) is 6.62. The Morgan fingerprint density at radius 2 is 2.06 bits per heavy atom. The van der Waals surface area contributed by atoms with Gasteiger partial charge in [0.2, 0.25) is 0 Å². The van der Waals surface area contributed by atoms with Gasteiger partial charge in [-0.1, -0.05) is 18.6 Å². The van der Waals surface area contributed by atoms with Crippen LogP contribution in [0.4, 0.5) is 0 Å². The molecule has 2 aliphatic carbocycles. The van der Waals surface area contributed by atoms with Gasteiger partial charge in [-0.15, -0.1) is 0 Å². The molecule has 0 amide bonds. The van der Waals surface area contributed by atoms with Gasteiger partial charge in [0.05, 0.1) is 5.60 Å². The first-order chi connectivity index (χ1) is 7.36. The molecule has 3 atom stereocenters. The maximum Gasteiger partial charge on any atom is 0.0620 e. The van der Waals surface area contributed by atoms with Crippen LogP contribution in [0, 0.1) is 17.3 Å². The summed E-state index contributed by atoms with van der Waals surface area (Å²) in [5, 5.41) is 10.2. The fourth-order valence-corrected chi connectivity index (χ4v) is 3.90. The van der Waals surface area contributed by atoms with Gasteiger partial charge in [0.1, 0.15) is 0 Å². The molecule has 0 aromatic heterocycles. The van der Waals surface area contributed by atoms with Crippen molar-refractivity contribution in [2.45, 2.75) is 65.4 Å². The highest BCUT2D eigenvalue weighted by atomic mass is 16.3. The fraction of sp³-hybridized carbons (Fsp3) is 0.867. The van der Waals surface area contributed by atoms with Crippen molar-refractivity contribution in [3.05, 3.63) is 11.6 Å². The van der Waals surface area contributed by atoms with Crippen LogP contribution in [0.3, 0.4) is 0 Å². The van der Waals surface area contributed by atoms with Gasteiger partial charge in [-0.2, -0.15) is 0 Å². The predicted molar refractivity (Wildman–Crippen MR) is 68.2 cm³/mol. The number of hydrogen-bond donors (Lipinski definition) is 1. The summed E-state index contributed by atoms with van der Waals surface area (Å²) in [6.07, 6.45) is 8.69. The quantitative estimate of drug-likeness (QED) is 0.667. The number of rotatable bonds is 1. The minimum absolute atomic E-state index is 0.420. The molecule has 0 aromatic rings. The van der Waals surface area contributed by atoms with Gasteiger partial charge in [0.15, 0.2) is 0 Å². The largest absolute Gasteiger partial charge is 0.390 e. The van der Waals surface area contributed by atoms with E-state index in [1.165, 1.54) is 32.1 Å². The van der Waals surface area contributed by atoms with Crippen molar-refractivity contribution >= 4 is 0 Å². The molecular weight excluding hydrogens is 196 g/mol. The number of aliphatic hydroxyl groups is 1. The van der Waals surface area contributed by atoms with E-state index in [4.69, 9.17) is 0 Å². The van der Waals surface area contributed by atoms with Crippen LogP contribution in [0.2, 0.25) is 0 Å². The van der Waals surface area contributed by atoms with Crippen LogP contribution in [0.25, 0.3) is 0 Å². The van der Waals surface area contributed by atoms with E-state index in [-0.39, 0.29) is 0 Å². The molecule has 1 N–H and O–H groups in total. The molecule has 0 aliphatic heterocycles. The Bertz CT molecular complexity index is 297. The second kappa shape index (κ2) is 3.87. The summed E-state index contributed by atoms with van der Waals surface area (Å²) in [6.45, 7) is 8.66. The van der Waals surface area contributed by atoms with Gasteiger partial charge >= 0.3 is 0 Å². The van der Waals surface area contributed by atoms with Crippen molar-refractivity contribution in [2.75, 3.05) is 0 Å². The fourth-order valence-electron chi connectivity index (χ4n) is 3.90. The second-order valence-electron chi connectivity index (χ2n) is 6.62. The lowest BCUT2D eigenvalue weighted by Crippen LogP contribution is -2.34. The lowest BCUT2D eigenvalue weighted by atomic mass is 9.64. The van der Waals surface area contributed by atoms with Crippen molar-refractivity contribution in [3.8, 4) is 0 Å². The predicted octanol–water partition coefficient (Wildman–Crippen LogP) is 3.92. The Morgan fingerprint density at radius 3 is 2.56 bits per heavy atom. The summed E-state index contributed by atoms with van der Waals surface area (Å²) in [4.78, 5) is 0. The molecule has 2 aliphatic rings. The summed E-state index contributed by atoms with van der Waals surface area (Å²) >= 11 is 0. The zero-order valence-corrected chi connectivity index (χ0v) is 11.2. The van der Waals surface area contributed by atoms with E-state index in [0.717, 1.165) is 5.92 Å². The average molecular weight is 222 g/mol. The van der Waals surface area contributed by atoms with E-state index >= 15 is 0 Å². The van der Waals surface area contributed by atoms with E-state index in [1.54, 1.807) is 5.57 Å². The molecule has 1 nitrogen and oxygen atoms in total. The van der Waals surface area contributed by atoms with Crippen LogP contribution >= 0.6 is 0 Å². The van der Waals surface area contributed by atoms with Crippen molar-refractivity contribution in [1.82, 2.24) is 0 Å². The first kappa shape index (κ1) is 12.2. The van der Waals surface area contributed by atoms with Gasteiger partial charge in [-0.3, -0.25) is 0 Å². The molecule has 2 rings (SSSR count). The summed E-state index contributed by atoms with van der Waals surface area (Å²) in [7, 11) is 0. The maximum atomic E-state index is 10.2. The molecule has 1 heteroatoms. The molecule has 16 heavy (non-hydrogen) atoms. The average Bonchev–Trinajstić information content (AvgIpc) is 2.60. The van der Waals surface area contributed by atoms with E-state index in [2.05, 4.69) is 19.9 Å². The molecule has 1 saturated carbocycles. The van der Waals surface area contributed by atoms with Crippen LogP contribution < -0.4 is 0 Å². The smallest absolute Gasteiger partial charge is 0.0620 e. The summed E-state index contributed by atoms with van der Waals surface area (Å²) in [5.41, 5.74) is 1.52. The van der Waals surface area contributed by atoms with Crippen molar-refractivity contribution < 1.29 is 5.11 Å². The molecule has 1 spiro atoms. The molecular formula is C15H26O. The van der Waals surface area contributed by atoms with E-state index in [0.29, 0.717) is 11.3 Å². The van der Waals surface area contributed by atoms with Crippen LogP contribution in [0.15, 0.2) is 11.6 Å². The van der Waals surface area contributed by atoms with Gasteiger partial charge in [0.25, 0.3) is 0 Å². The lowest BCUT2D eigenvalue weighted by molar-refractivity contribution is 0.0128. The lowest BCUT2D eigenvalue weighted by Gasteiger charge is -2.41. The van der Waals surface area contributed by atoms with Gasteiger partial charge in [-0.25, -0.2) is 0 Å². The van der Waals surface area contributed by atoms with Crippen molar-refractivity contribution in [3.63, 3.8) is 0 Å². The highest BCUT2D eigenvalue weighted by molar-refractivity contribution is 5.20. The zero-order chi connectivity index (χ0) is 12.0. The van der Waals surface area contributed by atoms with E-state index in [1.807, 2.05) is 13.8 Å². The van der Waals surface area contributed by atoms with Gasteiger partial charge in [-0.05, 0) is 70.1 Å². The first-order valence-electron chi connectivity index (χ1n) is 6.76. The molecule has 0 radical (unpaired) electrons. The molecule has 0 bridgehead atoms. The van der Waals surface area contributed by atoms with Crippen molar-refractivity contribution in [1.29, 1.82) is 0 Å². The Labute approximate surface area is 99.9 Å². The maximum absolute atomic E-state index is 10.2. The highest BCUT2D eigenvalue weighted by Gasteiger charge is 2.48. The molecule has 0 saturated heterocycles. The minimum atomic E-state index is -0.499. The van der Waals surface area contributed by atoms with Crippen LogP contribution in [0.5, 0.6) is 0 Å². The monoisotopic (exact) mass is 222 g/mol. The van der Waals surface area contributed by atoms with Crippen LogP contribution in [0.1, 0.15) is 59.8 Å². The van der Waals surface area contributed by atoms with Crippen LogP contribution in [-0.4, -0.2) is 10.7 Å². The molecule has 92 valence electrons. The molecule has 0 aromatic carbocycles. The topological polar surface area (TPSA) is 20.2 Å². The van der Waals surface area contributed by atoms with Gasteiger partial charge < -0.3 is 5.11 Å². The first-order valence-corrected chi connectivity index (χ1v) is 6.76. The molecule has 0 heterocycles. The van der Waals surface area contributed by atoms with Crippen molar-refractivity contribution in [2.24, 2.45) is 17.3 Å². The number of allylic oxidation sites excluding steroid dienone is 2. The summed E-state index contributed by atoms with van der Waals surface area (Å²) in [6, 6.07) is 0. The zero-order valence-electron chi connectivity index (χ0n) is 11.2. The highest BCUT2D eigenvalue weighted by Crippen LogP contribution is 2.56. The Hall–Kier alpha value is -0.300. The van der Waals surface area contributed by atoms with E-state index < -0.39 is 5.60 Å². The van der Waals surface area contributed by atoms with E-state index in [9.17, 15) is 5.11 Å². The molecule has 1 fully saturated rings. The normalized spacial score (nSPS) is 40.2. The Kier molecular flexibility index (Phi) is 2.94. The Morgan fingerprint density at radius 1 is 1.38 bits per heavy atom. The SMILES string of the molecule is CC1=CCCC(C)[C@]12CCC(C(C)(C)O)C2. The summed E-state index contributed by atoms with van der Waals surface area (Å²) in [5.74, 6) is 1.28. The Balaban J connectivity index is 2.22. The standard InChI is InChI=1S/C15H26O/c1-11-6-5-7-12(2)15(11)9-8-13(10-15)14(3,4)16/h6,12-13,16H,5,7-10H2,1-4H3/t12?,13?,15-/m0/s1.